The van der Waals surface area contributed by atoms with Gasteiger partial charge < -0.3 is 21.1 Å². The summed E-state index contributed by atoms with van der Waals surface area (Å²) in [5.41, 5.74) is 0.0239. The number of aryl methyl sites for hydroxylation is 1. The molecule has 1 saturated heterocycles. The number of amides is 2. The van der Waals surface area contributed by atoms with Gasteiger partial charge in [-0.3, -0.25) is 14.6 Å². The fourth-order valence-electron chi connectivity index (χ4n) is 4.13. The lowest BCUT2D eigenvalue weighted by molar-refractivity contribution is -0.249. The Morgan fingerprint density at radius 2 is 1.79 bits per heavy atom. The number of pyridine rings is 1. The molecule has 3 atom stereocenters. The van der Waals surface area contributed by atoms with Crippen molar-refractivity contribution in [2.24, 2.45) is 0 Å². The maximum absolute atomic E-state index is 14.6. The highest BCUT2D eigenvalue weighted by atomic mass is 19.4. The van der Waals surface area contributed by atoms with E-state index in [0.717, 1.165) is 16.9 Å². The average Bonchev–Trinajstić information content (AvgIpc) is 3.40. The fraction of sp³-hybridized carbons (Fsp3) is 0.409. The van der Waals surface area contributed by atoms with Gasteiger partial charge in [0.2, 0.25) is 5.60 Å². The fourth-order valence-corrected chi connectivity index (χ4v) is 4.13. The number of aliphatic hydroxyl groups is 1. The molecule has 17 heteroatoms. The van der Waals surface area contributed by atoms with Gasteiger partial charge in [-0.1, -0.05) is 0 Å². The summed E-state index contributed by atoms with van der Waals surface area (Å²) in [6.45, 7) is 0.153. The molecule has 1 aliphatic heterocycles. The summed E-state index contributed by atoms with van der Waals surface area (Å²) in [6.07, 6.45) is -9.99. The first-order valence-corrected chi connectivity index (χ1v) is 11.1. The molecule has 39 heavy (non-hydrogen) atoms. The number of rotatable bonds is 4. The summed E-state index contributed by atoms with van der Waals surface area (Å²) in [5, 5.41) is 15.7. The molecule has 0 bridgehead atoms. The lowest BCUT2D eigenvalue weighted by atomic mass is 10.1. The second-order valence-corrected chi connectivity index (χ2v) is 9.08. The van der Waals surface area contributed by atoms with E-state index in [1.165, 1.54) is 19.2 Å². The first-order valence-electron chi connectivity index (χ1n) is 11.1. The van der Waals surface area contributed by atoms with Crippen molar-refractivity contribution in [2.45, 2.75) is 44.0 Å². The van der Waals surface area contributed by atoms with E-state index in [1.807, 2.05) is 0 Å². The van der Waals surface area contributed by atoms with Crippen LogP contribution in [0.25, 0.3) is 16.8 Å². The van der Waals surface area contributed by atoms with Crippen molar-refractivity contribution < 1.29 is 45.4 Å². The van der Waals surface area contributed by atoms with Gasteiger partial charge in [-0.05, 0) is 26.0 Å². The van der Waals surface area contributed by atoms with Crippen molar-refractivity contribution in [1.29, 1.82) is 0 Å². The van der Waals surface area contributed by atoms with Gasteiger partial charge in [0.15, 0.2) is 5.82 Å². The minimum atomic E-state index is -5.31. The van der Waals surface area contributed by atoms with Crippen molar-refractivity contribution in [2.75, 3.05) is 18.8 Å². The maximum Gasteiger partial charge on any atom is 0.426 e. The Labute approximate surface area is 214 Å². The van der Waals surface area contributed by atoms with E-state index in [2.05, 4.69) is 20.4 Å². The van der Waals surface area contributed by atoms with E-state index >= 15 is 0 Å². The number of aromatic nitrogens is 4. The molecular weight excluding hydrogens is 543 g/mol. The molecule has 4 heterocycles. The van der Waals surface area contributed by atoms with E-state index < -0.39 is 72.0 Å². The van der Waals surface area contributed by atoms with Crippen LogP contribution in [0.1, 0.15) is 28.5 Å². The second kappa shape index (κ2) is 9.32. The van der Waals surface area contributed by atoms with Crippen LogP contribution in [-0.4, -0.2) is 78.5 Å². The number of carbonyl (C=O) groups is 2. The molecule has 0 radical (unpaired) electrons. The molecule has 4 N–H and O–H groups in total. The van der Waals surface area contributed by atoms with Crippen molar-refractivity contribution in [3.8, 4) is 11.3 Å². The molecule has 0 unspecified atom stereocenters. The quantitative estimate of drug-likeness (QED) is 0.414. The van der Waals surface area contributed by atoms with E-state index in [9.17, 15) is 45.4 Å². The Morgan fingerprint density at radius 1 is 1.13 bits per heavy atom. The van der Waals surface area contributed by atoms with Gasteiger partial charge in [-0.25, -0.2) is 13.9 Å². The van der Waals surface area contributed by atoms with Gasteiger partial charge in [-0.15, -0.1) is 0 Å². The average molecular weight is 563 g/mol. The first-order chi connectivity index (χ1) is 17.9. The minimum absolute atomic E-state index is 0.00981. The number of halogens is 7. The number of hydrogen-bond acceptors (Lipinski definition) is 7. The van der Waals surface area contributed by atoms with Crippen LogP contribution in [0.5, 0.6) is 0 Å². The van der Waals surface area contributed by atoms with Gasteiger partial charge in [0.25, 0.3) is 11.8 Å². The third-order valence-electron chi connectivity index (χ3n) is 6.34. The predicted molar refractivity (Wildman–Crippen MR) is 120 cm³/mol. The lowest BCUT2D eigenvalue weighted by Gasteiger charge is -2.29. The zero-order valence-electron chi connectivity index (χ0n) is 20.1. The molecule has 1 fully saturated rings. The largest absolute Gasteiger partial charge is 0.426 e. The summed E-state index contributed by atoms with van der Waals surface area (Å²) < 4.78 is 95.5. The van der Waals surface area contributed by atoms with Gasteiger partial charge >= 0.3 is 12.4 Å². The van der Waals surface area contributed by atoms with Gasteiger partial charge in [0.1, 0.15) is 18.0 Å². The maximum atomic E-state index is 14.6. The van der Waals surface area contributed by atoms with Crippen molar-refractivity contribution in [1.82, 2.24) is 29.8 Å². The molecule has 4 rings (SSSR count). The van der Waals surface area contributed by atoms with Crippen LogP contribution in [-0.2, 0) is 11.0 Å². The third-order valence-corrected chi connectivity index (χ3v) is 6.34. The standard InChI is InChI=1S/C22H20F7N7O3/c1-9-11(18(37)34-14-7-35(6-13(14)23)19(38)20(2,39)22(27,28)29)3-10(5-31-9)15-4-12(21(24,25)26)16-17(30)32-8-33-36(15)16/h3-5,8,13-14,39H,6-7H2,1-2H3,(H,34,37)(H2,30,32,33)/t13-,14+,20+/m0/s1. The highest BCUT2D eigenvalue weighted by Crippen LogP contribution is 2.39. The summed E-state index contributed by atoms with van der Waals surface area (Å²) >= 11 is 0. The molecule has 0 aliphatic carbocycles. The number of nitrogens with two attached hydrogens (primary N) is 1. The molecule has 0 aromatic carbocycles. The predicted octanol–water partition coefficient (Wildman–Crippen LogP) is 2.29. The molecular formula is C22H20F7N7O3. The first kappa shape index (κ1) is 28.0. The van der Waals surface area contributed by atoms with Crippen molar-refractivity contribution in [3.63, 3.8) is 0 Å². The van der Waals surface area contributed by atoms with Gasteiger partial charge in [-0.2, -0.15) is 31.4 Å². The lowest BCUT2D eigenvalue weighted by Crippen LogP contribution is -2.56. The highest BCUT2D eigenvalue weighted by molar-refractivity contribution is 5.97. The molecule has 2 amide bonds. The third kappa shape index (κ3) is 4.93. The van der Waals surface area contributed by atoms with Crippen molar-refractivity contribution >= 4 is 23.1 Å². The zero-order chi connectivity index (χ0) is 29.1. The summed E-state index contributed by atoms with van der Waals surface area (Å²) in [5.74, 6) is -3.17. The molecule has 10 nitrogen and oxygen atoms in total. The molecule has 210 valence electrons. The molecule has 1 aliphatic rings. The molecule has 3 aromatic rings. The number of nitrogens with zero attached hydrogens (tertiary/aromatic N) is 5. The second-order valence-electron chi connectivity index (χ2n) is 9.08. The number of nitrogen functional groups attached to an aromatic ring is 1. The Hall–Kier alpha value is -4.02. The smallest absolute Gasteiger partial charge is 0.382 e. The highest BCUT2D eigenvalue weighted by Gasteiger charge is 2.58. The molecule has 0 spiro atoms. The van der Waals surface area contributed by atoms with E-state index in [0.29, 0.717) is 4.90 Å². The van der Waals surface area contributed by atoms with Crippen LogP contribution in [0, 0.1) is 6.92 Å². The minimum Gasteiger partial charge on any atom is -0.382 e. The van der Waals surface area contributed by atoms with Crippen LogP contribution in [0.3, 0.4) is 0 Å². The Morgan fingerprint density at radius 3 is 2.41 bits per heavy atom. The monoisotopic (exact) mass is 563 g/mol. The zero-order valence-corrected chi connectivity index (χ0v) is 20.1. The van der Waals surface area contributed by atoms with Crippen LogP contribution in [0.2, 0.25) is 0 Å². The number of hydrogen-bond donors (Lipinski definition) is 3. The summed E-state index contributed by atoms with van der Waals surface area (Å²) in [7, 11) is 0. The number of nitrogens with one attached hydrogen (secondary N) is 1. The van der Waals surface area contributed by atoms with Crippen LogP contribution in [0.4, 0.5) is 36.6 Å². The van der Waals surface area contributed by atoms with E-state index in [1.54, 1.807) is 0 Å². The van der Waals surface area contributed by atoms with Crippen LogP contribution < -0.4 is 11.1 Å². The van der Waals surface area contributed by atoms with Gasteiger partial charge in [0, 0.05) is 18.3 Å². The number of alkyl halides is 7. The van der Waals surface area contributed by atoms with Gasteiger partial charge in [0.05, 0.1) is 35.1 Å². The van der Waals surface area contributed by atoms with Crippen LogP contribution in [0.15, 0.2) is 24.7 Å². The Kier molecular flexibility index (Phi) is 6.69. The molecule has 0 saturated carbocycles. The van der Waals surface area contributed by atoms with E-state index in [4.69, 9.17) is 5.73 Å². The molecule has 3 aromatic heterocycles. The number of fused-ring (bicyclic) bond motifs is 1. The van der Waals surface area contributed by atoms with Crippen LogP contribution >= 0.6 is 0 Å². The SMILES string of the molecule is Cc1ncc(-c2cc(C(F)(F)F)c3c(N)ncnn23)cc1C(=O)N[C@@H]1CN(C(=O)[C@@](C)(O)C(F)(F)F)C[C@@H]1F. The topological polar surface area (TPSA) is 139 Å². The Bertz CT molecular complexity index is 1450. The summed E-state index contributed by atoms with van der Waals surface area (Å²) in [4.78, 5) is 33.2. The summed E-state index contributed by atoms with van der Waals surface area (Å²) in [6, 6.07) is 0.489. The van der Waals surface area contributed by atoms with Crippen molar-refractivity contribution in [3.05, 3.63) is 41.5 Å². The number of anilines is 1. The van der Waals surface area contributed by atoms with E-state index in [-0.39, 0.29) is 29.4 Å². The number of carbonyl (C=O) groups excluding carboxylic acids is 2. The normalized spacial score (nSPS) is 19.8. The Balaban J connectivity index is 1.62. The number of likely N-dealkylation sites (tertiary alicyclic amines) is 1.